The standard InChI is InChI=1S/C16H26BrN7O2.HI/c1-5-18-15(20-11-13(25)22(2)3)23-6-8-24(9-7-23)16-19-10-12(17)14(21-16)26-4;/h10H,5-9,11H2,1-4H3,(H,18,20);1H. The van der Waals surface area contributed by atoms with Gasteiger partial charge in [0.2, 0.25) is 17.7 Å². The van der Waals surface area contributed by atoms with Crippen molar-refractivity contribution in [1.29, 1.82) is 0 Å². The van der Waals surface area contributed by atoms with Crippen molar-refractivity contribution in [3.8, 4) is 5.88 Å². The molecule has 1 aliphatic heterocycles. The van der Waals surface area contributed by atoms with Gasteiger partial charge in [-0.3, -0.25) is 4.79 Å². The third-order valence-corrected chi connectivity index (χ3v) is 4.50. The number of guanidine groups is 1. The van der Waals surface area contributed by atoms with Crippen LogP contribution in [0.2, 0.25) is 0 Å². The highest BCUT2D eigenvalue weighted by molar-refractivity contribution is 14.0. The van der Waals surface area contributed by atoms with Gasteiger partial charge in [-0.1, -0.05) is 0 Å². The van der Waals surface area contributed by atoms with Crippen LogP contribution in [0.25, 0.3) is 0 Å². The Morgan fingerprint density at radius 2 is 2.04 bits per heavy atom. The smallest absolute Gasteiger partial charge is 0.243 e. The number of carbonyl (C=O) groups is 1. The lowest BCUT2D eigenvalue weighted by Crippen LogP contribution is -2.53. The molecule has 0 atom stereocenters. The molecule has 0 bridgehead atoms. The van der Waals surface area contributed by atoms with E-state index >= 15 is 0 Å². The van der Waals surface area contributed by atoms with Crippen molar-refractivity contribution < 1.29 is 9.53 Å². The number of carbonyl (C=O) groups excluding carboxylic acids is 1. The zero-order valence-electron chi connectivity index (χ0n) is 16.1. The second-order valence-corrected chi connectivity index (χ2v) is 6.81. The highest BCUT2D eigenvalue weighted by Gasteiger charge is 2.22. The van der Waals surface area contributed by atoms with Gasteiger partial charge in [0.25, 0.3) is 0 Å². The molecule has 2 rings (SSSR count). The summed E-state index contributed by atoms with van der Waals surface area (Å²) in [7, 11) is 5.05. The molecule has 0 unspecified atom stereocenters. The van der Waals surface area contributed by atoms with Gasteiger partial charge in [-0.15, -0.1) is 24.0 Å². The summed E-state index contributed by atoms with van der Waals surface area (Å²) in [5, 5.41) is 3.26. The van der Waals surface area contributed by atoms with Crippen molar-refractivity contribution in [3.63, 3.8) is 0 Å². The quantitative estimate of drug-likeness (QED) is 0.330. The van der Waals surface area contributed by atoms with Crippen molar-refractivity contribution in [2.24, 2.45) is 4.99 Å². The number of aliphatic imine (C=N–C) groups is 1. The minimum absolute atomic E-state index is 0. The second-order valence-electron chi connectivity index (χ2n) is 5.96. The number of nitrogens with zero attached hydrogens (tertiary/aromatic N) is 6. The Labute approximate surface area is 185 Å². The Morgan fingerprint density at radius 3 is 2.59 bits per heavy atom. The van der Waals surface area contributed by atoms with E-state index in [0.29, 0.717) is 11.8 Å². The molecule has 27 heavy (non-hydrogen) atoms. The zero-order valence-corrected chi connectivity index (χ0v) is 20.0. The van der Waals surface area contributed by atoms with Crippen LogP contribution in [0.1, 0.15) is 6.92 Å². The molecular weight excluding hydrogens is 529 g/mol. The predicted molar refractivity (Wildman–Crippen MR) is 120 cm³/mol. The Bertz CT molecular complexity index is 652. The number of amides is 1. The van der Waals surface area contributed by atoms with Gasteiger partial charge in [-0.2, -0.15) is 4.98 Å². The van der Waals surface area contributed by atoms with E-state index in [9.17, 15) is 4.79 Å². The maximum atomic E-state index is 11.8. The van der Waals surface area contributed by atoms with Gasteiger partial charge in [0.05, 0.1) is 17.8 Å². The van der Waals surface area contributed by atoms with Crippen LogP contribution in [0.4, 0.5) is 5.95 Å². The van der Waals surface area contributed by atoms with Crippen molar-refractivity contribution in [2.75, 3.05) is 65.4 Å². The predicted octanol–water partition coefficient (Wildman–Crippen LogP) is 1.04. The number of hydrogen-bond donors (Lipinski definition) is 1. The fourth-order valence-electron chi connectivity index (χ4n) is 2.47. The normalized spacial score (nSPS) is 14.5. The molecule has 11 heteroatoms. The van der Waals surface area contributed by atoms with Gasteiger partial charge in [0.15, 0.2) is 5.96 Å². The molecule has 152 valence electrons. The molecule has 1 aromatic rings. The molecule has 0 aromatic carbocycles. The highest BCUT2D eigenvalue weighted by atomic mass is 127. The molecule has 0 aliphatic carbocycles. The summed E-state index contributed by atoms with van der Waals surface area (Å²) < 4.78 is 5.97. The maximum Gasteiger partial charge on any atom is 0.243 e. The van der Waals surface area contributed by atoms with Crippen LogP contribution in [0, 0.1) is 0 Å². The number of nitrogens with one attached hydrogen (secondary N) is 1. The van der Waals surface area contributed by atoms with Crippen LogP contribution in [0.15, 0.2) is 15.7 Å². The topological polar surface area (TPSA) is 86.2 Å². The largest absolute Gasteiger partial charge is 0.480 e. The molecule has 0 spiro atoms. The van der Waals surface area contributed by atoms with Crippen molar-refractivity contribution >= 4 is 57.7 Å². The van der Waals surface area contributed by atoms with Crippen LogP contribution in [-0.2, 0) is 4.79 Å². The summed E-state index contributed by atoms with van der Waals surface area (Å²) in [6, 6.07) is 0. The summed E-state index contributed by atoms with van der Waals surface area (Å²) in [6.07, 6.45) is 1.70. The van der Waals surface area contributed by atoms with Crippen LogP contribution >= 0.6 is 39.9 Å². The fraction of sp³-hybridized carbons (Fsp3) is 0.625. The molecule has 0 radical (unpaired) electrons. The molecule has 1 aromatic heterocycles. The SMILES string of the molecule is CCNC(=NCC(=O)N(C)C)N1CCN(c2ncc(Br)c(OC)n2)CC1.I. The number of anilines is 1. The number of hydrogen-bond acceptors (Lipinski definition) is 6. The van der Waals surface area contributed by atoms with E-state index in [1.165, 1.54) is 0 Å². The first-order chi connectivity index (χ1) is 12.5. The van der Waals surface area contributed by atoms with Crippen molar-refractivity contribution in [3.05, 3.63) is 10.7 Å². The first-order valence-electron chi connectivity index (χ1n) is 8.51. The Hall–Kier alpha value is -1.37. The van der Waals surface area contributed by atoms with Crippen LogP contribution in [0.5, 0.6) is 5.88 Å². The van der Waals surface area contributed by atoms with Crippen molar-refractivity contribution in [2.45, 2.75) is 6.92 Å². The summed E-state index contributed by atoms with van der Waals surface area (Å²) in [6.45, 7) is 5.97. The van der Waals surface area contributed by atoms with E-state index < -0.39 is 0 Å². The van der Waals surface area contributed by atoms with Gasteiger partial charge in [0.1, 0.15) is 6.54 Å². The second kappa shape index (κ2) is 11.5. The highest BCUT2D eigenvalue weighted by Crippen LogP contribution is 2.23. The van der Waals surface area contributed by atoms with E-state index in [-0.39, 0.29) is 36.4 Å². The first-order valence-corrected chi connectivity index (χ1v) is 9.30. The Morgan fingerprint density at radius 1 is 1.37 bits per heavy atom. The molecule has 1 saturated heterocycles. The molecule has 1 N–H and O–H groups in total. The van der Waals surface area contributed by atoms with E-state index in [0.717, 1.165) is 43.2 Å². The molecule has 0 saturated carbocycles. The van der Waals surface area contributed by atoms with Gasteiger partial charge in [-0.25, -0.2) is 9.98 Å². The van der Waals surface area contributed by atoms with Crippen molar-refractivity contribution in [1.82, 2.24) is 25.1 Å². The third-order valence-electron chi connectivity index (χ3n) is 3.95. The lowest BCUT2D eigenvalue weighted by molar-refractivity contribution is -0.127. The maximum absolute atomic E-state index is 11.8. The van der Waals surface area contributed by atoms with Gasteiger partial charge >= 0.3 is 0 Å². The summed E-state index contributed by atoms with van der Waals surface area (Å²) in [4.78, 5) is 30.9. The zero-order chi connectivity index (χ0) is 19.1. The molecule has 2 heterocycles. The summed E-state index contributed by atoms with van der Waals surface area (Å²) in [5.74, 6) is 1.91. The van der Waals surface area contributed by atoms with Crippen LogP contribution in [-0.4, -0.2) is 92.1 Å². The average Bonchev–Trinajstić information content (AvgIpc) is 2.65. The lowest BCUT2D eigenvalue weighted by atomic mass is 10.3. The van der Waals surface area contributed by atoms with Gasteiger partial charge in [0, 0.05) is 46.8 Å². The molecule has 1 aliphatic rings. The fourth-order valence-corrected chi connectivity index (χ4v) is 2.82. The number of methoxy groups -OCH3 is 1. The molecule has 9 nitrogen and oxygen atoms in total. The number of ether oxygens (including phenoxy) is 1. The number of likely N-dealkylation sites (N-methyl/N-ethyl adjacent to an activating group) is 1. The Kier molecular flexibility index (Phi) is 10.1. The number of piperazine rings is 1. The Balaban J connectivity index is 0.00000364. The third kappa shape index (κ3) is 6.63. The van der Waals surface area contributed by atoms with E-state index in [1.54, 1.807) is 32.3 Å². The van der Waals surface area contributed by atoms with E-state index in [2.05, 4.69) is 46.0 Å². The van der Waals surface area contributed by atoms with Crippen LogP contribution in [0.3, 0.4) is 0 Å². The number of halogens is 2. The molecule has 1 fully saturated rings. The average molecular weight is 556 g/mol. The van der Waals surface area contributed by atoms with Gasteiger partial charge in [-0.05, 0) is 22.9 Å². The minimum Gasteiger partial charge on any atom is -0.480 e. The molecule has 1 amide bonds. The number of rotatable bonds is 5. The van der Waals surface area contributed by atoms with E-state index in [1.807, 2.05) is 6.92 Å². The van der Waals surface area contributed by atoms with Gasteiger partial charge < -0.3 is 24.8 Å². The summed E-state index contributed by atoms with van der Waals surface area (Å²) >= 11 is 3.37. The summed E-state index contributed by atoms with van der Waals surface area (Å²) in [5.41, 5.74) is 0. The number of aromatic nitrogens is 2. The van der Waals surface area contributed by atoms with Crippen LogP contribution < -0.4 is 15.0 Å². The first kappa shape index (κ1) is 23.7. The lowest BCUT2D eigenvalue weighted by Gasteiger charge is -2.36. The monoisotopic (exact) mass is 555 g/mol. The minimum atomic E-state index is -0.0191. The van der Waals surface area contributed by atoms with E-state index in [4.69, 9.17) is 4.74 Å². The molecular formula is C16H27BrIN7O2.